The van der Waals surface area contributed by atoms with Crippen LogP contribution in [0.15, 0.2) is 38.8 Å². The molecule has 0 radical (unpaired) electrons. The van der Waals surface area contributed by atoms with Gasteiger partial charge in [0, 0.05) is 13.1 Å². The first kappa shape index (κ1) is 22.4. The average molecular weight is 462 g/mol. The molecule has 1 saturated carbocycles. The number of hydrogen-bond acceptors (Lipinski definition) is 6. The maximum atomic E-state index is 13.3. The van der Waals surface area contributed by atoms with E-state index in [2.05, 4.69) is 10.3 Å². The molecule has 0 spiro atoms. The number of benzene rings is 1. The largest absolute Gasteiger partial charge is 0.391 e. The first-order valence-electron chi connectivity index (χ1n) is 10.7. The molecule has 0 aliphatic heterocycles. The van der Waals surface area contributed by atoms with E-state index < -0.39 is 28.4 Å². The van der Waals surface area contributed by atoms with Gasteiger partial charge in [-0.1, -0.05) is 18.2 Å². The van der Waals surface area contributed by atoms with Gasteiger partial charge >= 0.3 is 5.69 Å². The summed E-state index contributed by atoms with van der Waals surface area (Å²) in [7, 11) is 0. The number of aryl methyl sites for hydroxylation is 1. The molecule has 32 heavy (non-hydrogen) atoms. The summed E-state index contributed by atoms with van der Waals surface area (Å²) in [6, 6.07) is 6.47. The third kappa shape index (κ3) is 3.80. The minimum Gasteiger partial charge on any atom is -0.391 e. The Morgan fingerprint density at radius 1 is 1.12 bits per heavy atom. The van der Waals surface area contributed by atoms with Crippen LogP contribution in [0.25, 0.3) is 11.2 Å². The molecule has 1 aromatic carbocycles. The van der Waals surface area contributed by atoms with Crippen molar-refractivity contribution < 1.29 is 13.9 Å². The van der Waals surface area contributed by atoms with Crippen LogP contribution in [0.4, 0.5) is 5.95 Å². The second-order valence-corrected chi connectivity index (χ2v) is 8.81. The molecule has 1 fully saturated rings. The van der Waals surface area contributed by atoms with Crippen molar-refractivity contribution in [2.24, 2.45) is 0 Å². The van der Waals surface area contributed by atoms with E-state index in [1.165, 1.54) is 4.57 Å². The van der Waals surface area contributed by atoms with Crippen molar-refractivity contribution in [1.29, 1.82) is 0 Å². The highest BCUT2D eigenvalue weighted by Gasteiger charge is 2.28. The fraction of sp³-hybridized carbons (Fsp3) is 0.476. The zero-order chi connectivity index (χ0) is 23.0. The Balaban J connectivity index is 1.97. The summed E-state index contributed by atoms with van der Waals surface area (Å²) in [6.07, 6.45) is 1.75. The Morgan fingerprint density at radius 2 is 1.84 bits per heavy atom. The van der Waals surface area contributed by atoms with Gasteiger partial charge in [0.05, 0.1) is 23.6 Å². The van der Waals surface area contributed by atoms with E-state index >= 15 is 0 Å². The minimum absolute atomic E-state index is 0.102. The molecule has 0 amide bonds. The number of aromatic nitrogens is 4. The number of aliphatic hydroxyl groups excluding tert-OH is 1. The summed E-state index contributed by atoms with van der Waals surface area (Å²) >= 11 is -2.21. The molecule has 1 aliphatic carbocycles. The zero-order valence-corrected chi connectivity index (χ0v) is 18.8. The number of nitrogens with zero attached hydrogens (tertiary/aromatic N) is 4. The lowest BCUT2D eigenvalue weighted by atomic mass is 10.2. The Hall–Kier alpha value is -2.76. The lowest BCUT2D eigenvalue weighted by Crippen LogP contribution is -2.40. The second kappa shape index (κ2) is 9.00. The maximum absolute atomic E-state index is 13.3. The van der Waals surface area contributed by atoms with Gasteiger partial charge in [-0.15, -0.1) is 0 Å². The van der Waals surface area contributed by atoms with E-state index in [1.54, 1.807) is 35.8 Å². The van der Waals surface area contributed by atoms with Crippen LogP contribution in [0.2, 0.25) is 0 Å². The number of fused-ring (bicyclic) bond motifs is 1. The number of aliphatic hydroxyl groups is 1. The summed E-state index contributed by atoms with van der Waals surface area (Å²) in [5.74, 6) is 0.344. The van der Waals surface area contributed by atoms with E-state index in [4.69, 9.17) is 0 Å². The van der Waals surface area contributed by atoms with Crippen LogP contribution in [0.3, 0.4) is 0 Å². The molecule has 10 nitrogen and oxygen atoms in total. The molecule has 0 saturated heterocycles. The quantitative estimate of drug-likeness (QED) is 0.453. The molecule has 1 aliphatic rings. The molecule has 1 unspecified atom stereocenters. The van der Waals surface area contributed by atoms with Crippen molar-refractivity contribution in [3.05, 3.63) is 50.7 Å². The molecule has 0 bridgehead atoms. The molecule has 3 atom stereocenters. The molecule has 4 rings (SSSR count). The lowest BCUT2D eigenvalue weighted by molar-refractivity contribution is 0.171. The fourth-order valence-corrected chi connectivity index (χ4v) is 4.92. The number of anilines is 1. The van der Waals surface area contributed by atoms with E-state index in [0.717, 1.165) is 17.4 Å². The third-order valence-electron chi connectivity index (χ3n) is 6.03. The second-order valence-electron chi connectivity index (χ2n) is 7.88. The predicted octanol–water partition coefficient (Wildman–Crippen LogP) is 1.35. The summed E-state index contributed by atoms with van der Waals surface area (Å²) in [5, 5.41) is 13.6. The Labute approximate surface area is 186 Å². The van der Waals surface area contributed by atoms with Crippen molar-refractivity contribution in [3.63, 3.8) is 0 Å². The smallest absolute Gasteiger partial charge is 0.332 e. The van der Waals surface area contributed by atoms with Crippen LogP contribution >= 0.6 is 0 Å². The molecular formula is C21H27N5O5S. The third-order valence-corrected chi connectivity index (χ3v) is 6.80. The SMILES string of the molecule is CCn1c(=O)c2c(nc(N[C@@H]3CCC[C@H]3O)n2Cc2ccccc2S(=O)O)n(CC)c1=O. The van der Waals surface area contributed by atoms with Gasteiger partial charge in [-0.25, -0.2) is 9.00 Å². The highest BCUT2D eigenvalue weighted by atomic mass is 32.2. The van der Waals surface area contributed by atoms with Gasteiger partial charge in [0.2, 0.25) is 5.95 Å². The zero-order valence-electron chi connectivity index (χ0n) is 18.0. The Kier molecular flexibility index (Phi) is 6.31. The number of hydrogen-bond donors (Lipinski definition) is 3. The van der Waals surface area contributed by atoms with Crippen LogP contribution in [0.1, 0.15) is 38.7 Å². The first-order valence-corrected chi connectivity index (χ1v) is 11.8. The van der Waals surface area contributed by atoms with E-state index in [-0.39, 0.29) is 35.2 Å². The lowest BCUT2D eigenvalue weighted by Gasteiger charge is -2.19. The Bertz CT molecular complexity index is 1290. The molecule has 3 N–H and O–H groups in total. The van der Waals surface area contributed by atoms with Gasteiger partial charge in [-0.05, 0) is 44.7 Å². The molecule has 2 aromatic heterocycles. The van der Waals surface area contributed by atoms with Gasteiger partial charge in [0.15, 0.2) is 22.2 Å². The molecular weight excluding hydrogens is 434 g/mol. The van der Waals surface area contributed by atoms with Crippen LogP contribution < -0.4 is 16.6 Å². The first-order chi connectivity index (χ1) is 15.4. The molecule has 172 valence electrons. The highest BCUT2D eigenvalue weighted by Crippen LogP contribution is 2.26. The summed E-state index contributed by atoms with van der Waals surface area (Å²) < 4.78 is 25.8. The van der Waals surface area contributed by atoms with E-state index in [1.807, 2.05) is 6.92 Å². The fourth-order valence-electron chi connectivity index (χ4n) is 4.37. The normalized spacial score (nSPS) is 19.5. The van der Waals surface area contributed by atoms with Crippen LogP contribution in [-0.2, 0) is 30.7 Å². The van der Waals surface area contributed by atoms with Crippen LogP contribution in [0.5, 0.6) is 0 Å². The van der Waals surface area contributed by atoms with Gasteiger partial charge in [-0.2, -0.15) is 4.98 Å². The van der Waals surface area contributed by atoms with Crippen molar-refractivity contribution >= 4 is 28.2 Å². The Morgan fingerprint density at radius 3 is 2.47 bits per heavy atom. The van der Waals surface area contributed by atoms with Gasteiger partial charge in [-0.3, -0.25) is 18.5 Å². The van der Waals surface area contributed by atoms with E-state index in [9.17, 15) is 23.5 Å². The van der Waals surface area contributed by atoms with Gasteiger partial charge < -0.3 is 15.0 Å². The topological polar surface area (TPSA) is 131 Å². The summed E-state index contributed by atoms with van der Waals surface area (Å²) in [5.41, 5.74) is 0.153. The van der Waals surface area contributed by atoms with E-state index in [0.29, 0.717) is 24.5 Å². The van der Waals surface area contributed by atoms with Crippen molar-refractivity contribution in [3.8, 4) is 0 Å². The monoisotopic (exact) mass is 461 g/mol. The predicted molar refractivity (Wildman–Crippen MR) is 121 cm³/mol. The van der Waals surface area contributed by atoms with Crippen LogP contribution in [-0.4, -0.2) is 44.7 Å². The summed E-state index contributed by atoms with van der Waals surface area (Å²) in [6.45, 7) is 4.18. The highest BCUT2D eigenvalue weighted by molar-refractivity contribution is 7.79. The van der Waals surface area contributed by atoms with Gasteiger partial charge in [0.1, 0.15) is 0 Å². The molecule has 2 heterocycles. The van der Waals surface area contributed by atoms with Crippen LogP contribution in [0, 0.1) is 0 Å². The number of nitrogens with one attached hydrogen (secondary N) is 1. The number of rotatable bonds is 7. The van der Waals surface area contributed by atoms with Crippen molar-refractivity contribution in [1.82, 2.24) is 18.7 Å². The standard InChI is InChI=1S/C21H27N5O5S/c1-3-24-18-17(19(28)25(4-2)21(24)29)26(12-13-8-5-6-11-16(13)32(30)31)20(23-18)22-14-9-7-10-15(14)27/h5-6,8,11,14-15,27H,3-4,7,9-10,12H2,1-2H3,(H,22,23)(H,30,31)/t14-,15-/m1/s1. The maximum Gasteiger partial charge on any atom is 0.332 e. The minimum atomic E-state index is -2.21. The van der Waals surface area contributed by atoms with Crippen molar-refractivity contribution in [2.75, 3.05) is 5.32 Å². The average Bonchev–Trinajstić information content (AvgIpc) is 3.33. The van der Waals surface area contributed by atoms with Gasteiger partial charge in [0.25, 0.3) is 5.56 Å². The molecule has 3 aromatic rings. The van der Waals surface area contributed by atoms with Crippen molar-refractivity contribution in [2.45, 2.75) is 69.8 Å². The molecule has 11 heteroatoms. The number of imidazole rings is 1. The summed E-state index contributed by atoms with van der Waals surface area (Å²) in [4.78, 5) is 31.0.